The van der Waals surface area contributed by atoms with Gasteiger partial charge in [0.15, 0.2) is 5.65 Å². The van der Waals surface area contributed by atoms with Gasteiger partial charge >= 0.3 is 0 Å². The molecule has 2 fully saturated rings. The summed E-state index contributed by atoms with van der Waals surface area (Å²) in [5.41, 5.74) is 1.48. The molecule has 2 aromatic heterocycles. The monoisotopic (exact) mass is 467 g/mol. The zero-order valence-corrected chi connectivity index (χ0v) is 19.5. The Kier molecular flexibility index (Phi) is 8.02. The largest absolute Gasteiger partial charge is 0.354 e. The first kappa shape index (κ1) is 24.0. The Morgan fingerprint density at radius 2 is 1.82 bits per heavy atom. The number of carbonyl (C=O) groups excluding carboxylic acids is 3. The Balaban J connectivity index is 1.08. The maximum Gasteiger partial charge on any atom is 0.226 e. The van der Waals surface area contributed by atoms with E-state index in [9.17, 15) is 14.4 Å². The third-order valence-electron chi connectivity index (χ3n) is 6.39. The van der Waals surface area contributed by atoms with Crippen molar-refractivity contribution in [1.82, 2.24) is 31.2 Å². The summed E-state index contributed by atoms with van der Waals surface area (Å²) in [6, 6.07) is 7.69. The fraction of sp³-hybridized carbons (Fsp3) is 0.542. The lowest BCUT2D eigenvalue weighted by molar-refractivity contribution is -0.126. The van der Waals surface area contributed by atoms with E-state index in [0.717, 1.165) is 30.3 Å². The number of aryl methyl sites for hydroxylation is 1. The third-order valence-corrected chi connectivity index (χ3v) is 6.39. The van der Waals surface area contributed by atoms with Gasteiger partial charge < -0.3 is 21.3 Å². The molecule has 0 aliphatic carbocycles. The predicted molar refractivity (Wildman–Crippen MR) is 129 cm³/mol. The molecule has 3 amide bonds. The fourth-order valence-corrected chi connectivity index (χ4v) is 4.47. The fourth-order valence-electron chi connectivity index (χ4n) is 4.47. The third kappa shape index (κ3) is 6.71. The van der Waals surface area contributed by atoms with Crippen LogP contribution in [0.1, 0.15) is 44.2 Å². The standard InChI is InChI=1S/C24H33N7O3/c1-15-2-3-16-5-8-19(30-23(16)27-15)29-22(34)11-13-25-12-10-20(32)26-14-18-7-4-17-6-9-21(33)31-24(17)28-18/h2-3,5,8,17-18,24-25,28H,4,6-7,9-14H2,1H3,(H,26,32)(H,31,33)(H,27,29,30,34). The number of carbonyl (C=O) groups is 3. The molecule has 4 heterocycles. The number of aromatic nitrogens is 2. The Morgan fingerprint density at radius 1 is 1.03 bits per heavy atom. The molecule has 4 rings (SSSR count). The Labute approximate surface area is 199 Å². The number of piperidine rings is 2. The van der Waals surface area contributed by atoms with Gasteiger partial charge in [0.2, 0.25) is 17.7 Å². The van der Waals surface area contributed by atoms with Crippen LogP contribution in [0.3, 0.4) is 0 Å². The summed E-state index contributed by atoms with van der Waals surface area (Å²) >= 11 is 0. The minimum absolute atomic E-state index is 0.0231. The highest BCUT2D eigenvalue weighted by molar-refractivity contribution is 5.91. The lowest BCUT2D eigenvalue weighted by atomic mass is 9.85. The molecular formula is C24H33N7O3. The lowest BCUT2D eigenvalue weighted by Gasteiger charge is -2.40. The first-order valence-electron chi connectivity index (χ1n) is 12.0. The van der Waals surface area contributed by atoms with Crippen LogP contribution in [0.15, 0.2) is 24.3 Å². The number of fused-ring (bicyclic) bond motifs is 2. The van der Waals surface area contributed by atoms with Gasteiger partial charge in [-0.15, -0.1) is 0 Å². The van der Waals surface area contributed by atoms with Crippen LogP contribution in [0.25, 0.3) is 11.0 Å². The van der Waals surface area contributed by atoms with Gasteiger partial charge in [0.25, 0.3) is 0 Å². The van der Waals surface area contributed by atoms with Crippen LogP contribution in [0.2, 0.25) is 0 Å². The van der Waals surface area contributed by atoms with E-state index in [1.807, 2.05) is 25.1 Å². The van der Waals surface area contributed by atoms with Crippen molar-refractivity contribution in [2.24, 2.45) is 5.92 Å². The second kappa shape index (κ2) is 11.3. The second-order valence-corrected chi connectivity index (χ2v) is 9.08. The van der Waals surface area contributed by atoms with E-state index in [1.165, 1.54) is 0 Å². The molecule has 0 aromatic carbocycles. The molecule has 182 valence electrons. The van der Waals surface area contributed by atoms with Gasteiger partial charge in [-0.2, -0.15) is 0 Å². The molecule has 2 aliphatic rings. The average molecular weight is 468 g/mol. The van der Waals surface area contributed by atoms with Crippen LogP contribution < -0.4 is 26.6 Å². The molecule has 10 heteroatoms. The van der Waals surface area contributed by atoms with Crippen LogP contribution >= 0.6 is 0 Å². The van der Waals surface area contributed by atoms with Gasteiger partial charge in [-0.25, -0.2) is 9.97 Å². The molecule has 34 heavy (non-hydrogen) atoms. The highest BCUT2D eigenvalue weighted by Crippen LogP contribution is 2.26. The van der Waals surface area contributed by atoms with E-state index in [2.05, 4.69) is 36.6 Å². The summed E-state index contributed by atoms with van der Waals surface area (Å²) in [4.78, 5) is 44.7. The number of hydrogen-bond acceptors (Lipinski definition) is 7. The summed E-state index contributed by atoms with van der Waals surface area (Å²) in [5, 5.41) is 16.3. The molecule has 2 aromatic rings. The molecule has 10 nitrogen and oxygen atoms in total. The normalized spacial score (nSPS) is 22.0. The molecule has 0 saturated carbocycles. The first-order chi connectivity index (χ1) is 16.5. The Hall–Kier alpha value is -3.11. The molecule has 0 radical (unpaired) electrons. The number of pyridine rings is 2. The zero-order chi connectivity index (χ0) is 23.9. The van der Waals surface area contributed by atoms with Crippen molar-refractivity contribution < 1.29 is 14.4 Å². The van der Waals surface area contributed by atoms with Gasteiger partial charge in [0.05, 0.1) is 6.17 Å². The van der Waals surface area contributed by atoms with Crippen molar-refractivity contribution in [2.45, 2.75) is 57.7 Å². The summed E-state index contributed by atoms with van der Waals surface area (Å²) < 4.78 is 0. The van der Waals surface area contributed by atoms with Crippen molar-refractivity contribution in [3.63, 3.8) is 0 Å². The number of hydrogen-bond donors (Lipinski definition) is 5. The maximum absolute atomic E-state index is 12.2. The van der Waals surface area contributed by atoms with Crippen molar-refractivity contribution in [1.29, 1.82) is 0 Å². The van der Waals surface area contributed by atoms with Crippen LogP contribution in [0.5, 0.6) is 0 Å². The smallest absolute Gasteiger partial charge is 0.226 e. The van der Waals surface area contributed by atoms with E-state index in [4.69, 9.17) is 0 Å². The van der Waals surface area contributed by atoms with E-state index in [1.54, 1.807) is 6.07 Å². The predicted octanol–water partition coefficient (Wildman–Crippen LogP) is 0.967. The summed E-state index contributed by atoms with van der Waals surface area (Å²) in [6.45, 7) is 3.41. The van der Waals surface area contributed by atoms with Crippen molar-refractivity contribution in [2.75, 3.05) is 25.0 Å². The molecule has 0 bridgehead atoms. The number of amides is 3. The lowest BCUT2D eigenvalue weighted by Crippen LogP contribution is -2.61. The highest BCUT2D eigenvalue weighted by atomic mass is 16.2. The molecule has 5 N–H and O–H groups in total. The van der Waals surface area contributed by atoms with Gasteiger partial charge in [0.1, 0.15) is 5.82 Å². The van der Waals surface area contributed by atoms with Crippen molar-refractivity contribution >= 4 is 34.6 Å². The number of anilines is 1. The quantitative estimate of drug-likeness (QED) is 0.347. The molecule has 2 aliphatic heterocycles. The minimum Gasteiger partial charge on any atom is -0.354 e. The zero-order valence-electron chi connectivity index (χ0n) is 19.5. The Bertz CT molecular complexity index is 1040. The summed E-state index contributed by atoms with van der Waals surface area (Å²) in [7, 11) is 0. The van der Waals surface area contributed by atoms with Crippen LogP contribution in [-0.2, 0) is 14.4 Å². The Morgan fingerprint density at radius 3 is 2.68 bits per heavy atom. The molecule has 3 atom stereocenters. The summed E-state index contributed by atoms with van der Waals surface area (Å²) in [5.74, 6) is 0.887. The van der Waals surface area contributed by atoms with Gasteiger partial charge in [-0.05, 0) is 56.4 Å². The van der Waals surface area contributed by atoms with E-state index >= 15 is 0 Å². The average Bonchev–Trinajstić information content (AvgIpc) is 2.82. The second-order valence-electron chi connectivity index (χ2n) is 9.08. The van der Waals surface area contributed by atoms with E-state index < -0.39 is 0 Å². The number of rotatable bonds is 9. The van der Waals surface area contributed by atoms with Crippen molar-refractivity contribution in [3.05, 3.63) is 30.0 Å². The first-order valence-corrected chi connectivity index (χ1v) is 12.0. The SMILES string of the molecule is Cc1ccc2ccc(NC(=O)CCNCCC(=O)NCC3CCC4CCC(=O)NC4N3)nc2n1. The maximum atomic E-state index is 12.2. The molecular weight excluding hydrogens is 434 g/mol. The van der Waals surface area contributed by atoms with Crippen LogP contribution in [0, 0.1) is 12.8 Å². The topological polar surface area (TPSA) is 137 Å². The van der Waals surface area contributed by atoms with E-state index in [-0.39, 0.29) is 36.3 Å². The van der Waals surface area contributed by atoms with Crippen LogP contribution in [0.4, 0.5) is 5.82 Å². The summed E-state index contributed by atoms with van der Waals surface area (Å²) in [6.07, 6.45) is 4.24. The molecule has 2 saturated heterocycles. The molecule has 0 spiro atoms. The minimum atomic E-state index is -0.145. The van der Waals surface area contributed by atoms with E-state index in [0.29, 0.717) is 49.9 Å². The van der Waals surface area contributed by atoms with Gasteiger partial charge in [-0.1, -0.05) is 0 Å². The highest BCUT2D eigenvalue weighted by Gasteiger charge is 2.34. The molecule has 3 unspecified atom stereocenters. The van der Waals surface area contributed by atoms with Gasteiger partial charge in [0, 0.05) is 56.0 Å². The van der Waals surface area contributed by atoms with Crippen LogP contribution in [-0.4, -0.2) is 59.5 Å². The number of nitrogens with one attached hydrogen (secondary N) is 5. The number of nitrogens with zero attached hydrogens (tertiary/aromatic N) is 2. The van der Waals surface area contributed by atoms with Gasteiger partial charge in [-0.3, -0.25) is 19.7 Å². The van der Waals surface area contributed by atoms with Crippen molar-refractivity contribution in [3.8, 4) is 0 Å².